The lowest BCUT2D eigenvalue weighted by molar-refractivity contribution is -0.125. The monoisotopic (exact) mass is 313 g/mol. The van der Waals surface area contributed by atoms with E-state index in [2.05, 4.69) is 36.6 Å². The predicted octanol–water partition coefficient (Wildman–Crippen LogP) is 1.04. The minimum atomic E-state index is -0.330. The molecule has 2 amide bonds. The summed E-state index contributed by atoms with van der Waals surface area (Å²) < 4.78 is 0. The van der Waals surface area contributed by atoms with Crippen molar-refractivity contribution in [1.82, 2.24) is 10.6 Å². The second-order valence-electron chi connectivity index (χ2n) is 5.05. The molecule has 118 valence electrons. The van der Waals surface area contributed by atoms with Crippen molar-refractivity contribution in [2.45, 2.75) is 19.8 Å². The Labute approximate surface area is 132 Å². The molecule has 0 aliphatic rings. The summed E-state index contributed by atoms with van der Waals surface area (Å²) in [6.07, 6.45) is 0. The molecule has 4 N–H and O–H groups in total. The van der Waals surface area contributed by atoms with E-state index in [9.17, 15) is 9.59 Å². The van der Waals surface area contributed by atoms with Crippen molar-refractivity contribution < 1.29 is 9.59 Å². The summed E-state index contributed by atoms with van der Waals surface area (Å²) in [5.41, 5.74) is 6.36. The Hall–Kier alpha value is -1.59. The number of rotatable bonds is 7. The first-order chi connectivity index (χ1) is 9.54. The van der Waals surface area contributed by atoms with Crippen molar-refractivity contribution in [3.8, 4) is 0 Å². The zero-order chi connectivity index (χ0) is 15.0. The van der Waals surface area contributed by atoms with Gasteiger partial charge in [-0.15, -0.1) is 12.4 Å². The smallest absolute Gasteiger partial charge is 0.239 e. The van der Waals surface area contributed by atoms with Gasteiger partial charge in [-0.25, -0.2) is 0 Å². The fraction of sp³-hybridized carbons (Fsp3) is 0.467. The van der Waals surface area contributed by atoms with Crippen LogP contribution in [-0.2, 0) is 9.59 Å². The SMILES string of the molecule is CC(C)C(CNC(=O)CNC(=O)CN)c1ccccc1.Cl. The maximum Gasteiger partial charge on any atom is 0.239 e. The quantitative estimate of drug-likeness (QED) is 0.703. The molecule has 0 radical (unpaired) electrons. The maximum absolute atomic E-state index is 11.7. The summed E-state index contributed by atoms with van der Waals surface area (Å²) in [6, 6.07) is 10.1. The molecule has 0 bridgehead atoms. The highest BCUT2D eigenvalue weighted by Gasteiger charge is 2.16. The summed E-state index contributed by atoms with van der Waals surface area (Å²) in [5, 5.41) is 5.30. The molecule has 0 heterocycles. The van der Waals surface area contributed by atoms with E-state index in [1.165, 1.54) is 5.56 Å². The van der Waals surface area contributed by atoms with Crippen LogP contribution in [0.25, 0.3) is 0 Å². The molecule has 1 atom stereocenters. The van der Waals surface area contributed by atoms with Gasteiger partial charge in [-0.05, 0) is 11.5 Å². The Bertz CT molecular complexity index is 438. The van der Waals surface area contributed by atoms with Gasteiger partial charge in [0, 0.05) is 12.5 Å². The number of hydrogen-bond donors (Lipinski definition) is 3. The summed E-state index contributed by atoms with van der Waals surface area (Å²) in [6.45, 7) is 4.67. The van der Waals surface area contributed by atoms with E-state index >= 15 is 0 Å². The molecule has 1 unspecified atom stereocenters. The topological polar surface area (TPSA) is 84.2 Å². The number of halogens is 1. The summed E-state index contributed by atoms with van der Waals surface area (Å²) in [4.78, 5) is 22.6. The minimum Gasteiger partial charge on any atom is -0.354 e. The molecular formula is C15H24ClN3O2. The van der Waals surface area contributed by atoms with Crippen LogP contribution < -0.4 is 16.4 Å². The zero-order valence-corrected chi connectivity index (χ0v) is 13.3. The highest BCUT2D eigenvalue weighted by molar-refractivity contribution is 5.85. The van der Waals surface area contributed by atoms with Gasteiger partial charge in [0.1, 0.15) is 0 Å². The number of hydrogen-bond acceptors (Lipinski definition) is 3. The lowest BCUT2D eigenvalue weighted by Crippen LogP contribution is -2.41. The standard InChI is InChI=1S/C15H23N3O2.ClH/c1-11(2)13(12-6-4-3-5-7-12)9-17-15(20)10-18-14(19)8-16;/h3-7,11,13H,8-10,16H2,1-2H3,(H,17,20)(H,18,19);1H. The summed E-state index contributed by atoms with van der Waals surface area (Å²) in [5.74, 6) is 0.138. The molecule has 5 nitrogen and oxygen atoms in total. The maximum atomic E-state index is 11.7. The third-order valence-corrected chi connectivity index (χ3v) is 3.18. The molecule has 0 spiro atoms. The highest BCUT2D eigenvalue weighted by Crippen LogP contribution is 2.23. The van der Waals surface area contributed by atoms with Crippen LogP contribution >= 0.6 is 12.4 Å². The van der Waals surface area contributed by atoms with Gasteiger partial charge in [0.25, 0.3) is 0 Å². The first-order valence-corrected chi connectivity index (χ1v) is 6.83. The molecule has 6 heteroatoms. The van der Waals surface area contributed by atoms with Crippen LogP contribution in [0, 0.1) is 5.92 Å². The van der Waals surface area contributed by atoms with Crippen molar-refractivity contribution in [3.63, 3.8) is 0 Å². The predicted molar refractivity (Wildman–Crippen MR) is 86.3 cm³/mol. The molecule has 0 aromatic heterocycles. The van der Waals surface area contributed by atoms with Crippen LogP contribution in [-0.4, -0.2) is 31.4 Å². The Morgan fingerprint density at radius 1 is 1.10 bits per heavy atom. The van der Waals surface area contributed by atoms with Gasteiger partial charge in [-0.3, -0.25) is 9.59 Å². The fourth-order valence-electron chi connectivity index (χ4n) is 1.98. The van der Waals surface area contributed by atoms with Crippen LogP contribution in [0.3, 0.4) is 0 Å². The molecule has 1 aromatic carbocycles. The van der Waals surface area contributed by atoms with E-state index in [0.717, 1.165) is 0 Å². The van der Waals surface area contributed by atoms with Gasteiger partial charge < -0.3 is 16.4 Å². The van der Waals surface area contributed by atoms with Crippen molar-refractivity contribution in [2.24, 2.45) is 11.7 Å². The van der Waals surface area contributed by atoms with Gasteiger partial charge >= 0.3 is 0 Å². The largest absolute Gasteiger partial charge is 0.354 e. The fourth-order valence-corrected chi connectivity index (χ4v) is 1.98. The molecule has 1 aromatic rings. The molecule has 1 rings (SSSR count). The molecule has 0 saturated heterocycles. The van der Waals surface area contributed by atoms with E-state index in [1.807, 2.05) is 18.2 Å². The highest BCUT2D eigenvalue weighted by atomic mass is 35.5. The minimum absolute atomic E-state index is 0. The molecule has 21 heavy (non-hydrogen) atoms. The van der Waals surface area contributed by atoms with Crippen molar-refractivity contribution in [3.05, 3.63) is 35.9 Å². The van der Waals surface area contributed by atoms with Crippen LogP contribution in [0.1, 0.15) is 25.3 Å². The number of carbonyl (C=O) groups excluding carboxylic acids is 2. The molecule has 0 saturated carbocycles. The van der Waals surface area contributed by atoms with Crippen molar-refractivity contribution >= 4 is 24.2 Å². The molecule has 0 aliphatic carbocycles. The normalized spacial score (nSPS) is 11.4. The van der Waals surface area contributed by atoms with E-state index in [4.69, 9.17) is 5.73 Å². The van der Waals surface area contributed by atoms with Gasteiger partial charge in [0.05, 0.1) is 13.1 Å². The van der Waals surface area contributed by atoms with E-state index < -0.39 is 0 Å². The number of amides is 2. The van der Waals surface area contributed by atoms with Crippen LogP contribution in [0.5, 0.6) is 0 Å². The number of nitrogens with one attached hydrogen (secondary N) is 2. The van der Waals surface area contributed by atoms with Crippen LogP contribution in [0.2, 0.25) is 0 Å². The van der Waals surface area contributed by atoms with Crippen molar-refractivity contribution in [2.75, 3.05) is 19.6 Å². The van der Waals surface area contributed by atoms with Crippen LogP contribution in [0.15, 0.2) is 30.3 Å². The molecular weight excluding hydrogens is 290 g/mol. The van der Waals surface area contributed by atoms with E-state index in [1.54, 1.807) is 0 Å². The molecule has 0 fully saturated rings. The Balaban J connectivity index is 0.00000400. The van der Waals surface area contributed by atoms with Gasteiger partial charge in [-0.2, -0.15) is 0 Å². The average Bonchev–Trinajstić information content (AvgIpc) is 2.45. The number of nitrogens with two attached hydrogens (primary N) is 1. The molecule has 0 aliphatic heterocycles. The van der Waals surface area contributed by atoms with Crippen LogP contribution in [0.4, 0.5) is 0 Å². The van der Waals surface area contributed by atoms with Crippen molar-refractivity contribution in [1.29, 1.82) is 0 Å². The lowest BCUT2D eigenvalue weighted by Gasteiger charge is -2.22. The third-order valence-electron chi connectivity index (χ3n) is 3.18. The van der Waals surface area contributed by atoms with Gasteiger partial charge in [0.15, 0.2) is 0 Å². The summed E-state index contributed by atoms with van der Waals surface area (Å²) in [7, 11) is 0. The lowest BCUT2D eigenvalue weighted by atomic mass is 9.88. The van der Waals surface area contributed by atoms with E-state index in [0.29, 0.717) is 12.5 Å². The van der Waals surface area contributed by atoms with E-state index in [-0.39, 0.29) is 43.2 Å². The first-order valence-electron chi connectivity index (χ1n) is 6.83. The second kappa shape index (κ2) is 10.2. The first kappa shape index (κ1) is 19.4. The zero-order valence-electron chi connectivity index (χ0n) is 12.5. The number of benzene rings is 1. The summed E-state index contributed by atoms with van der Waals surface area (Å²) >= 11 is 0. The van der Waals surface area contributed by atoms with Gasteiger partial charge in [-0.1, -0.05) is 44.2 Å². The third kappa shape index (κ3) is 7.11. The second-order valence-corrected chi connectivity index (χ2v) is 5.05. The Morgan fingerprint density at radius 2 is 1.71 bits per heavy atom. The Morgan fingerprint density at radius 3 is 2.24 bits per heavy atom. The average molecular weight is 314 g/mol. The van der Waals surface area contributed by atoms with Gasteiger partial charge in [0.2, 0.25) is 11.8 Å². The number of carbonyl (C=O) groups is 2. The Kier molecular flexibility index (Phi) is 9.41.